The number of alkyl carbamates (subject to hydrolysis) is 1. The van der Waals surface area contributed by atoms with Crippen LogP contribution in [0.1, 0.15) is 61.3 Å². The lowest BCUT2D eigenvalue weighted by Gasteiger charge is -2.22. The number of nitrogens with one attached hydrogen (secondary N) is 4. The third-order valence-electron chi connectivity index (χ3n) is 9.61. The van der Waals surface area contributed by atoms with Crippen LogP contribution in [0.2, 0.25) is 0 Å². The maximum atomic E-state index is 13.8. The van der Waals surface area contributed by atoms with Crippen LogP contribution in [0.4, 0.5) is 30.6 Å². The second kappa shape index (κ2) is 26.3. The number of ether oxygens (including phenoxy) is 4. The number of fused-ring (bicyclic) bond motifs is 3. The van der Waals surface area contributed by atoms with Crippen LogP contribution in [0.25, 0.3) is 11.1 Å². The first-order chi connectivity index (χ1) is 32.3. The average Bonchev–Trinajstić information content (AvgIpc) is 3.63. The van der Waals surface area contributed by atoms with E-state index in [1.165, 1.54) is 36.8 Å². The molecule has 0 radical (unpaired) electrons. The van der Waals surface area contributed by atoms with Gasteiger partial charge < -0.3 is 45.9 Å². The van der Waals surface area contributed by atoms with E-state index in [0.717, 1.165) is 39.3 Å². The van der Waals surface area contributed by atoms with Gasteiger partial charge in [0.25, 0.3) is 5.69 Å². The Morgan fingerprint density at radius 1 is 0.851 bits per heavy atom. The average molecular weight is 918 g/mol. The van der Waals surface area contributed by atoms with Crippen molar-refractivity contribution in [2.45, 2.75) is 58.2 Å². The van der Waals surface area contributed by atoms with E-state index in [0.29, 0.717) is 11.1 Å². The number of urea groups is 1. The number of hydrogen-bond donors (Lipinski definition) is 5. The fourth-order valence-electron chi connectivity index (χ4n) is 6.65. The van der Waals surface area contributed by atoms with E-state index in [9.17, 15) is 38.9 Å². The van der Waals surface area contributed by atoms with Gasteiger partial charge in [-0.2, -0.15) is 0 Å². The van der Waals surface area contributed by atoms with Crippen molar-refractivity contribution in [2.24, 2.45) is 5.73 Å². The summed E-state index contributed by atoms with van der Waals surface area (Å²) in [6.07, 6.45) is 9.39. The molecule has 19 heteroatoms. The zero-order chi connectivity index (χ0) is 48.7. The highest BCUT2D eigenvalue weighted by atomic mass is 16.7. The topological polar surface area (TPSA) is 260 Å². The Bertz CT molecular complexity index is 2440. The van der Waals surface area contributed by atoms with E-state index >= 15 is 0 Å². The molecule has 4 aromatic rings. The molecule has 1 aliphatic rings. The molecule has 0 fully saturated rings. The Hall–Kier alpha value is -8.58. The summed E-state index contributed by atoms with van der Waals surface area (Å²) in [4.78, 5) is 87.9. The van der Waals surface area contributed by atoms with Crippen molar-refractivity contribution in [3.05, 3.63) is 123 Å². The summed E-state index contributed by atoms with van der Waals surface area (Å²) < 4.78 is 21.0. The summed E-state index contributed by atoms with van der Waals surface area (Å²) >= 11 is 0. The van der Waals surface area contributed by atoms with Gasteiger partial charge in [0.15, 0.2) is 6.61 Å². The van der Waals surface area contributed by atoms with Gasteiger partial charge in [-0.05, 0) is 70.5 Å². The minimum absolute atomic E-state index is 0.0190. The molecule has 0 spiro atoms. The predicted molar refractivity (Wildman–Crippen MR) is 246 cm³/mol. The third-order valence-corrected chi connectivity index (χ3v) is 9.61. The summed E-state index contributed by atoms with van der Waals surface area (Å²) in [7, 11) is 0. The van der Waals surface area contributed by atoms with Gasteiger partial charge >= 0.3 is 24.4 Å². The molecule has 0 saturated carbocycles. The van der Waals surface area contributed by atoms with Crippen LogP contribution in [0.5, 0.6) is 5.75 Å². The Balaban J connectivity index is 0.00000318. The van der Waals surface area contributed by atoms with E-state index in [1.807, 2.05) is 48.5 Å². The second-order valence-corrected chi connectivity index (χ2v) is 14.6. The number of nitro groups is 1. The number of rotatable bonds is 19. The standard InChI is InChI=1S/C45H43N7O12.C3H8/c1-3-22-51(44(57)61-23-4-2)26-30-24-31(16-15-29(30)27-63-45(58)64-33-19-17-32(18-20-33)52(59)60)49-41(54)39(14-9-21-47-42(46)55)50-40(53)25-48-43(56)62-28-38-36-12-7-5-10-34(36)35-11-6-8-13-37(35)38;1-3-2/h1-2,5-8,10-13,15-20,24,38-39H,9,14,21-23,25-28H2,(H,48,56)(H,49,54)(H,50,53)(H3,46,47,55);3H2,1-2H3. The number of carbonyl (C=O) groups excluding carboxylic acids is 6. The monoisotopic (exact) mass is 917 g/mol. The third kappa shape index (κ3) is 15.9. The number of carbonyl (C=O) groups is 6. The van der Waals surface area contributed by atoms with Crippen LogP contribution in [0, 0.1) is 34.8 Å². The lowest BCUT2D eigenvalue weighted by atomic mass is 9.98. The number of nitrogens with zero attached hydrogens (tertiary/aromatic N) is 2. The molecule has 0 aliphatic heterocycles. The van der Waals surface area contributed by atoms with Crippen LogP contribution >= 0.6 is 0 Å². The molecule has 6 amide bonds. The second-order valence-electron chi connectivity index (χ2n) is 14.6. The number of non-ortho nitro benzene ring substituents is 1. The van der Waals surface area contributed by atoms with E-state index in [1.54, 1.807) is 0 Å². The molecule has 0 aromatic heterocycles. The minimum Gasteiger partial charge on any atom is -0.449 e. The minimum atomic E-state index is -1.19. The van der Waals surface area contributed by atoms with Crippen molar-refractivity contribution in [1.29, 1.82) is 0 Å². The summed E-state index contributed by atoms with van der Waals surface area (Å²) in [6, 6.07) is 22.8. The Morgan fingerprint density at radius 3 is 2.12 bits per heavy atom. The lowest BCUT2D eigenvalue weighted by molar-refractivity contribution is -0.384. The number of hydrogen-bond acceptors (Lipinski definition) is 12. The summed E-state index contributed by atoms with van der Waals surface area (Å²) in [5.74, 6) is 2.91. The zero-order valence-electron chi connectivity index (χ0n) is 36.9. The summed E-state index contributed by atoms with van der Waals surface area (Å²) in [5, 5.41) is 21.1. The largest absolute Gasteiger partial charge is 0.514 e. The number of nitrogens with two attached hydrogens (primary N) is 1. The first kappa shape index (κ1) is 51.1. The molecule has 1 aliphatic carbocycles. The molecule has 4 aromatic carbocycles. The molecule has 6 N–H and O–H groups in total. The summed E-state index contributed by atoms with van der Waals surface area (Å²) in [5.41, 5.74) is 9.94. The van der Waals surface area contributed by atoms with E-state index < -0.39 is 60.3 Å². The molecular formula is C48H51N7O12. The van der Waals surface area contributed by atoms with Crippen molar-refractivity contribution in [2.75, 3.05) is 38.2 Å². The van der Waals surface area contributed by atoms with Crippen molar-refractivity contribution >= 4 is 47.6 Å². The molecule has 5 rings (SSSR count). The van der Waals surface area contributed by atoms with Crippen molar-refractivity contribution in [3.8, 4) is 41.6 Å². The Labute approximate surface area is 387 Å². The SMILES string of the molecule is C#CCOC(=O)N(CC#C)Cc1cc(NC(=O)C(CCCNC(N)=O)NC(=O)CNC(=O)OCC2c3ccccc3-c3ccccc32)ccc1COC(=O)Oc1ccc([N+](=O)[O-])cc1.CCC. The number of amides is 6. The molecule has 67 heavy (non-hydrogen) atoms. The van der Waals surface area contributed by atoms with E-state index in [4.69, 9.17) is 37.5 Å². The van der Waals surface area contributed by atoms with Gasteiger partial charge in [0.05, 0.1) is 18.0 Å². The molecule has 0 heterocycles. The fraction of sp³-hybridized carbons (Fsp3) is 0.292. The highest BCUT2D eigenvalue weighted by molar-refractivity contribution is 5.97. The number of primary amides is 1. The first-order valence-electron chi connectivity index (χ1n) is 21.0. The van der Waals surface area contributed by atoms with Gasteiger partial charge in [0.1, 0.15) is 31.5 Å². The smallest absolute Gasteiger partial charge is 0.449 e. The predicted octanol–water partition coefficient (Wildman–Crippen LogP) is 6.34. The van der Waals surface area contributed by atoms with Crippen molar-refractivity contribution in [1.82, 2.24) is 20.9 Å². The van der Waals surface area contributed by atoms with Gasteiger partial charge in [-0.1, -0.05) is 86.7 Å². The van der Waals surface area contributed by atoms with E-state index in [2.05, 4.69) is 47.0 Å². The molecule has 1 atom stereocenters. The van der Waals surface area contributed by atoms with Gasteiger partial charge in [0, 0.05) is 30.3 Å². The Kier molecular flexibility index (Phi) is 20.0. The maximum absolute atomic E-state index is 13.8. The number of terminal acetylenes is 2. The molecule has 0 bridgehead atoms. The maximum Gasteiger partial charge on any atom is 0.514 e. The molecular weight excluding hydrogens is 867 g/mol. The van der Waals surface area contributed by atoms with Gasteiger partial charge in [0.2, 0.25) is 11.8 Å². The lowest BCUT2D eigenvalue weighted by Crippen LogP contribution is -2.48. The number of nitro benzene ring substituents is 1. The van der Waals surface area contributed by atoms with Crippen LogP contribution in [0.15, 0.2) is 91.0 Å². The van der Waals surface area contributed by atoms with Gasteiger partial charge in [-0.3, -0.25) is 24.6 Å². The molecule has 19 nitrogen and oxygen atoms in total. The summed E-state index contributed by atoms with van der Waals surface area (Å²) in [6.45, 7) is 2.63. The highest BCUT2D eigenvalue weighted by Gasteiger charge is 2.29. The normalized spacial score (nSPS) is 11.2. The fourth-order valence-corrected chi connectivity index (χ4v) is 6.65. The molecule has 350 valence electrons. The molecule has 0 saturated heterocycles. The van der Waals surface area contributed by atoms with Gasteiger partial charge in [-0.25, -0.2) is 19.2 Å². The quantitative estimate of drug-likeness (QED) is 0.0131. The van der Waals surface area contributed by atoms with Crippen molar-refractivity contribution in [3.63, 3.8) is 0 Å². The van der Waals surface area contributed by atoms with Gasteiger partial charge in [-0.15, -0.1) is 12.8 Å². The first-order valence-corrected chi connectivity index (χ1v) is 21.0. The van der Waals surface area contributed by atoms with Crippen LogP contribution < -0.4 is 31.7 Å². The van der Waals surface area contributed by atoms with Crippen molar-refractivity contribution < 1.29 is 52.6 Å². The number of anilines is 1. The van der Waals surface area contributed by atoms with E-state index in [-0.39, 0.29) is 68.7 Å². The Morgan fingerprint density at radius 2 is 1.51 bits per heavy atom. The highest BCUT2D eigenvalue weighted by Crippen LogP contribution is 2.44. The van der Waals surface area contributed by atoms with Crippen LogP contribution in [-0.4, -0.2) is 84.9 Å². The van der Waals surface area contributed by atoms with Crippen LogP contribution in [-0.2, 0) is 37.0 Å². The van der Waals surface area contributed by atoms with Crippen LogP contribution in [0.3, 0.4) is 0 Å². The molecule has 1 unspecified atom stereocenters. The zero-order valence-corrected chi connectivity index (χ0v) is 36.9. The number of benzene rings is 4.